The van der Waals surface area contributed by atoms with Gasteiger partial charge in [0.05, 0.1) is 37.8 Å². The number of hydrogen-bond acceptors (Lipinski definition) is 8. The minimum absolute atomic E-state index is 0.0658. The normalized spacial score (nSPS) is 25.8. The molecule has 174 valence electrons. The molecule has 1 aromatic carbocycles. The Kier molecular flexibility index (Phi) is 5.12. The Balaban J connectivity index is 1.21. The molecule has 8 nitrogen and oxygen atoms in total. The third-order valence-corrected chi connectivity index (χ3v) is 8.13. The zero-order valence-corrected chi connectivity index (χ0v) is 19.2. The van der Waals surface area contributed by atoms with Crippen LogP contribution in [-0.4, -0.2) is 59.3 Å². The first-order chi connectivity index (χ1) is 16.1. The zero-order valence-electron chi connectivity index (χ0n) is 19.2. The second-order valence-corrected chi connectivity index (χ2v) is 9.88. The van der Waals surface area contributed by atoms with Crippen LogP contribution in [0.5, 0.6) is 0 Å². The lowest BCUT2D eigenvalue weighted by atomic mass is 9.73. The van der Waals surface area contributed by atoms with Crippen LogP contribution in [-0.2, 0) is 24.3 Å². The average Bonchev–Trinajstić information content (AvgIpc) is 3.40. The van der Waals surface area contributed by atoms with Crippen molar-refractivity contribution < 1.29 is 9.84 Å². The average molecular weight is 449 g/mol. The first-order valence-corrected chi connectivity index (χ1v) is 12.1. The fraction of sp³-hybridized carbons (Fsp3) is 0.560. The van der Waals surface area contributed by atoms with E-state index >= 15 is 0 Å². The van der Waals surface area contributed by atoms with Gasteiger partial charge in [-0.05, 0) is 49.8 Å². The first-order valence-electron chi connectivity index (χ1n) is 12.1. The molecule has 6 rings (SSSR count). The molecule has 33 heavy (non-hydrogen) atoms. The summed E-state index contributed by atoms with van der Waals surface area (Å²) in [4.78, 5) is 19.3. The molecule has 2 fully saturated rings. The molecule has 8 heteroatoms. The largest absolute Gasteiger partial charge is 0.392 e. The molecule has 2 saturated heterocycles. The molecular weight excluding hydrogens is 416 g/mol. The second-order valence-electron chi connectivity index (χ2n) is 9.88. The van der Waals surface area contributed by atoms with Gasteiger partial charge in [0.1, 0.15) is 11.5 Å². The van der Waals surface area contributed by atoms with Crippen LogP contribution < -0.4 is 15.5 Å². The molecule has 0 saturated carbocycles. The van der Waals surface area contributed by atoms with Crippen LogP contribution in [0.3, 0.4) is 0 Å². The Morgan fingerprint density at radius 1 is 1.24 bits per heavy atom. The molecule has 1 aromatic heterocycles. The van der Waals surface area contributed by atoms with E-state index in [4.69, 9.17) is 25.4 Å². The summed E-state index contributed by atoms with van der Waals surface area (Å²) in [5.74, 6) is 1.84. The van der Waals surface area contributed by atoms with Crippen LogP contribution in [0.1, 0.15) is 48.7 Å². The van der Waals surface area contributed by atoms with E-state index in [9.17, 15) is 5.11 Å². The lowest BCUT2D eigenvalue weighted by Gasteiger charge is -2.41. The number of benzene rings is 1. The van der Waals surface area contributed by atoms with Crippen molar-refractivity contribution in [1.29, 1.82) is 0 Å². The Hall–Kier alpha value is -2.55. The van der Waals surface area contributed by atoms with E-state index in [0.717, 1.165) is 86.2 Å². The van der Waals surface area contributed by atoms with Crippen LogP contribution in [0.2, 0.25) is 0 Å². The van der Waals surface area contributed by atoms with Gasteiger partial charge in [-0.2, -0.15) is 0 Å². The van der Waals surface area contributed by atoms with Gasteiger partial charge in [0.25, 0.3) is 0 Å². The minimum Gasteiger partial charge on any atom is -0.392 e. The van der Waals surface area contributed by atoms with E-state index in [2.05, 4.69) is 22.8 Å². The zero-order chi connectivity index (χ0) is 22.6. The topological polar surface area (TPSA) is 100 Å². The molecule has 1 spiro atoms. The van der Waals surface area contributed by atoms with Crippen molar-refractivity contribution >= 4 is 17.3 Å². The van der Waals surface area contributed by atoms with Gasteiger partial charge in [0, 0.05) is 36.8 Å². The third kappa shape index (κ3) is 3.34. The van der Waals surface area contributed by atoms with Gasteiger partial charge in [0.2, 0.25) is 0 Å². The van der Waals surface area contributed by atoms with Crippen molar-refractivity contribution in [3.63, 3.8) is 0 Å². The quantitative estimate of drug-likeness (QED) is 0.725. The Bertz CT molecular complexity index is 1090. The SMILES string of the molecule is C[C@@H]1OCC2(CCN(c3cnc4c(n3)CN=C4N3CCCc4c(CO)cccc43)CC2)[C@@H]1N. The lowest BCUT2D eigenvalue weighted by Crippen LogP contribution is -2.50. The summed E-state index contributed by atoms with van der Waals surface area (Å²) >= 11 is 0. The van der Waals surface area contributed by atoms with E-state index < -0.39 is 0 Å². The van der Waals surface area contributed by atoms with E-state index in [-0.39, 0.29) is 24.2 Å². The van der Waals surface area contributed by atoms with Gasteiger partial charge in [-0.25, -0.2) is 9.97 Å². The molecular formula is C25H32N6O2. The van der Waals surface area contributed by atoms with Crippen molar-refractivity contribution in [1.82, 2.24) is 9.97 Å². The number of amidine groups is 1. The number of aromatic nitrogens is 2. The summed E-state index contributed by atoms with van der Waals surface area (Å²) < 4.78 is 5.86. The number of rotatable bonds is 2. The number of aliphatic imine (C=N–C) groups is 1. The Morgan fingerprint density at radius 3 is 2.85 bits per heavy atom. The second kappa shape index (κ2) is 8.04. The van der Waals surface area contributed by atoms with Gasteiger partial charge in [-0.1, -0.05) is 12.1 Å². The molecule has 4 aliphatic rings. The van der Waals surface area contributed by atoms with E-state index in [1.54, 1.807) is 0 Å². The highest BCUT2D eigenvalue weighted by Gasteiger charge is 2.47. The Morgan fingerprint density at radius 2 is 2.09 bits per heavy atom. The number of aliphatic hydroxyl groups is 1. The number of nitrogens with zero attached hydrogens (tertiary/aromatic N) is 5. The van der Waals surface area contributed by atoms with Gasteiger partial charge in [-0.3, -0.25) is 4.99 Å². The number of piperidine rings is 1. The van der Waals surface area contributed by atoms with Crippen LogP contribution in [0.4, 0.5) is 11.5 Å². The monoisotopic (exact) mass is 448 g/mol. The molecule has 2 atom stereocenters. The molecule has 0 radical (unpaired) electrons. The maximum absolute atomic E-state index is 9.76. The smallest absolute Gasteiger partial charge is 0.156 e. The van der Waals surface area contributed by atoms with Crippen LogP contribution >= 0.6 is 0 Å². The first kappa shape index (κ1) is 21.0. The van der Waals surface area contributed by atoms with Crippen LogP contribution in [0, 0.1) is 5.41 Å². The predicted octanol–water partition coefficient (Wildman–Crippen LogP) is 2.01. The van der Waals surface area contributed by atoms with Gasteiger partial charge in [0.15, 0.2) is 5.84 Å². The molecule has 0 bridgehead atoms. The molecule has 2 aromatic rings. The molecule has 0 amide bonds. The molecule has 0 unspecified atom stereocenters. The summed E-state index contributed by atoms with van der Waals surface area (Å²) in [5, 5.41) is 9.76. The third-order valence-electron chi connectivity index (χ3n) is 8.13. The molecule has 4 aliphatic heterocycles. The molecule has 0 aliphatic carbocycles. The summed E-state index contributed by atoms with van der Waals surface area (Å²) in [7, 11) is 0. The van der Waals surface area contributed by atoms with Crippen molar-refractivity contribution in [2.24, 2.45) is 16.1 Å². The number of anilines is 2. The highest BCUT2D eigenvalue weighted by Crippen LogP contribution is 2.42. The van der Waals surface area contributed by atoms with Gasteiger partial charge in [-0.15, -0.1) is 0 Å². The number of hydrogen-bond donors (Lipinski definition) is 2. The van der Waals surface area contributed by atoms with E-state index in [1.165, 1.54) is 5.56 Å². The number of aliphatic hydroxyl groups excluding tert-OH is 1. The standard InChI is InChI=1S/C25H32N6O2/c1-16-23(26)25(15-33-16)7-10-30(11-8-25)21-13-27-22-19(29-21)12-28-24(22)31-9-3-5-18-17(14-32)4-2-6-20(18)31/h2,4,6,13,16,23,32H,3,5,7-12,14-15,26H2,1H3/t16-,23+/m0/s1. The minimum atomic E-state index is 0.0658. The highest BCUT2D eigenvalue weighted by molar-refractivity contribution is 6.11. The van der Waals surface area contributed by atoms with Gasteiger partial charge < -0.3 is 25.4 Å². The van der Waals surface area contributed by atoms with Crippen LogP contribution in [0.15, 0.2) is 29.4 Å². The fourth-order valence-electron chi connectivity index (χ4n) is 6.02. The van der Waals surface area contributed by atoms with Crippen molar-refractivity contribution in [2.45, 2.75) is 57.9 Å². The fourth-order valence-corrected chi connectivity index (χ4v) is 6.02. The molecule has 3 N–H and O–H groups in total. The Labute approximate surface area is 194 Å². The number of ether oxygens (including phenoxy) is 1. The lowest BCUT2D eigenvalue weighted by molar-refractivity contribution is 0.0974. The van der Waals surface area contributed by atoms with Gasteiger partial charge >= 0.3 is 0 Å². The maximum atomic E-state index is 9.76. The van der Waals surface area contributed by atoms with Crippen molar-refractivity contribution in [2.75, 3.05) is 36.0 Å². The van der Waals surface area contributed by atoms with E-state index in [1.807, 2.05) is 18.3 Å². The summed E-state index contributed by atoms with van der Waals surface area (Å²) in [5.41, 5.74) is 11.8. The van der Waals surface area contributed by atoms with Crippen molar-refractivity contribution in [3.8, 4) is 0 Å². The van der Waals surface area contributed by atoms with Crippen LogP contribution in [0.25, 0.3) is 0 Å². The predicted molar refractivity (Wildman–Crippen MR) is 128 cm³/mol. The number of nitrogens with two attached hydrogens (primary N) is 1. The summed E-state index contributed by atoms with van der Waals surface area (Å²) in [6.07, 6.45) is 6.11. The highest BCUT2D eigenvalue weighted by atomic mass is 16.5. The maximum Gasteiger partial charge on any atom is 0.156 e. The number of fused-ring (bicyclic) bond motifs is 2. The van der Waals surface area contributed by atoms with Crippen molar-refractivity contribution in [3.05, 3.63) is 46.9 Å². The summed E-state index contributed by atoms with van der Waals surface area (Å²) in [6.45, 7) is 6.23. The molecule has 5 heterocycles. The summed E-state index contributed by atoms with van der Waals surface area (Å²) in [6, 6.07) is 6.25. The van der Waals surface area contributed by atoms with E-state index in [0.29, 0.717) is 6.54 Å².